The van der Waals surface area contributed by atoms with Gasteiger partial charge in [0.25, 0.3) is 0 Å². The largest absolute Gasteiger partial charge is 0.465 e. The van der Waals surface area contributed by atoms with E-state index in [9.17, 15) is 63.0 Å². The molecule has 14 atom stereocenters. The van der Waals surface area contributed by atoms with E-state index in [-0.39, 0.29) is 103 Å². The number of aliphatic hydroxyl groups is 6. The van der Waals surface area contributed by atoms with E-state index in [1.54, 1.807) is 34.6 Å². The van der Waals surface area contributed by atoms with Crippen LogP contribution in [0.25, 0.3) is 0 Å². The molecule has 0 spiro atoms. The van der Waals surface area contributed by atoms with Crippen molar-refractivity contribution in [1.82, 2.24) is 0 Å². The number of esters is 8. The summed E-state index contributed by atoms with van der Waals surface area (Å²) in [7, 11) is -1.55. The number of thioether (sulfide) groups is 1. The number of rotatable bonds is 59. The van der Waals surface area contributed by atoms with E-state index in [4.69, 9.17) is 57.6 Å². The lowest BCUT2D eigenvalue weighted by Gasteiger charge is -2.27. The first kappa shape index (κ1) is 111. The van der Waals surface area contributed by atoms with Gasteiger partial charge in [0.15, 0.2) is 0 Å². The van der Waals surface area contributed by atoms with Gasteiger partial charge in [-0.15, -0.1) is 0 Å². The van der Waals surface area contributed by atoms with Crippen LogP contribution in [0, 0.1) is 57.7 Å². The summed E-state index contributed by atoms with van der Waals surface area (Å²) >= 11 is 1.27. The van der Waals surface area contributed by atoms with Crippen molar-refractivity contribution < 1.29 is 121 Å². The summed E-state index contributed by atoms with van der Waals surface area (Å²) in [6, 6.07) is 0. The van der Waals surface area contributed by atoms with Crippen LogP contribution in [0.2, 0.25) is 0 Å². The van der Waals surface area contributed by atoms with Gasteiger partial charge < -0.3 is 78.0 Å². The maximum absolute atomic E-state index is 12.6. The van der Waals surface area contributed by atoms with Crippen molar-refractivity contribution in [2.24, 2.45) is 57.7 Å². The minimum atomic E-state index is -1.55. The zero-order valence-corrected chi connectivity index (χ0v) is 73.3. The summed E-state index contributed by atoms with van der Waals surface area (Å²) < 4.78 is 63.9. The number of unbranched alkanes of at least 4 members (excludes halogenated alkanes) is 4. The highest BCUT2D eigenvalue weighted by Crippen LogP contribution is 2.34. The summed E-state index contributed by atoms with van der Waals surface area (Å²) in [5.74, 6) is -1.89. The van der Waals surface area contributed by atoms with Crippen LogP contribution >= 0.6 is 11.8 Å². The lowest BCUT2D eigenvalue weighted by atomic mass is 9.81. The van der Waals surface area contributed by atoms with Gasteiger partial charge in [0.05, 0.1) is 123 Å². The molecule has 2 saturated heterocycles. The fourth-order valence-corrected chi connectivity index (χ4v) is 12.9. The van der Waals surface area contributed by atoms with Crippen LogP contribution in [0.5, 0.6) is 0 Å². The van der Waals surface area contributed by atoms with Crippen molar-refractivity contribution in [3.8, 4) is 0 Å². The van der Waals surface area contributed by atoms with Gasteiger partial charge in [-0.3, -0.25) is 33.0 Å². The minimum Gasteiger partial charge on any atom is -0.465 e. The molecular formula is C84H154O25S2. The Labute approximate surface area is 674 Å². The quantitative estimate of drug-likeness (QED) is 0.0143. The molecule has 2 aliphatic rings. The molecule has 2 aliphatic heterocycles. The van der Waals surface area contributed by atoms with Crippen LogP contribution < -0.4 is 0 Å². The van der Waals surface area contributed by atoms with Gasteiger partial charge >= 0.3 is 47.8 Å². The molecule has 0 aromatic rings. The summed E-state index contributed by atoms with van der Waals surface area (Å²) in [6.07, 6.45) is 17.8. The van der Waals surface area contributed by atoms with Gasteiger partial charge in [-0.25, -0.2) is 9.59 Å². The molecule has 652 valence electrons. The topological polar surface area (TPSA) is 374 Å². The third kappa shape index (κ3) is 57.2. The highest BCUT2D eigenvalue weighted by molar-refractivity contribution is 7.99. The molecule has 27 heteroatoms. The maximum Gasteiger partial charge on any atom is 0.333 e. The SMILES string of the molecule is C=C(C)C(=O)OCC1CO1.C=CC(=O)OCC(CC)CCCC.CCCCC(CC)COC(=O)C(CC)CC(C)(C)C(=O)OCC(O)CS(=O)CC(O)CO.CCCCC(CC)COC(=O)C(CC)CC(C)(C)C(=O)OCC(O)CSCC(O)CO.CCCCC(CC)COC(=O)C(CC)CC(C)(C)C(=O)OCC1CO1. The molecule has 0 saturated carbocycles. The molecule has 0 radical (unpaired) electrons. The molecule has 0 aliphatic carbocycles. The van der Waals surface area contributed by atoms with Crippen LogP contribution in [0.4, 0.5) is 0 Å². The molecule has 6 N–H and O–H groups in total. The second kappa shape index (κ2) is 65.6. The third-order valence-corrected chi connectivity index (χ3v) is 21.9. The number of epoxide rings is 2. The normalized spacial score (nSPS) is 16.9. The molecule has 14 unspecified atom stereocenters. The minimum absolute atomic E-state index is 0.0563. The van der Waals surface area contributed by atoms with E-state index >= 15 is 0 Å². The van der Waals surface area contributed by atoms with Crippen molar-refractivity contribution in [2.45, 2.75) is 303 Å². The van der Waals surface area contributed by atoms with Gasteiger partial charge in [-0.2, -0.15) is 11.8 Å². The van der Waals surface area contributed by atoms with Gasteiger partial charge in [-0.05, 0) is 136 Å². The van der Waals surface area contributed by atoms with Crippen LogP contribution in [0.15, 0.2) is 24.8 Å². The highest BCUT2D eigenvalue weighted by atomic mass is 32.2. The Morgan fingerprint density at radius 1 is 0.450 bits per heavy atom. The Bertz CT molecular complexity index is 2540. The summed E-state index contributed by atoms with van der Waals surface area (Å²) in [6.45, 7) is 44.3. The molecule has 0 aromatic heterocycles. The van der Waals surface area contributed by atoms with Gasteiger partial charge in [0.2, 0.25) is 0 Å². The van der Waals surface area contributed by atoms with E-state index in [2.05, 4.69) is 68.5 Å². The smallest absolute Gasteiger partial charge is 0.333 e. The Hall–Kier alpha value is -4.58. The number of ether oxygens (including phenoxy) is 10. The van der Waals surface area contributed by atoms with E-state index in [0.717, 1.165) is 89.9 Å². The van der Waals surface area contributed by atoms with Gasteiger partial charge in [0.1, 0.15) is 38.6 Å². The average molecular weight is 1630 g/mol. The fraction of sp³-hybridized carbons (Fsp3) is 0.857. The third-order valence-electron chi connectivity index (χ3n) is 19.2. The van der Waals surface area contributed by atoms with Crippen molar-refractivity contribution in [1.29, 1.82) is 0 Å². The van der Waals surface area contributed by atoms with Crippen LogP contribution in [0.1, 0.15) is 266 Å². The second-order valence-corrected chi connectivity index (χ2v) is 34.0. The number of carbonyl (C=O) groups excluding carboxylic acids is 8. The Morgan fingerprint density at radius 2 is 0.757 bits per heavy atom. The molecule has 0 amide bonds. The molecule has 2 heterocycles. The number of aliphatic hydroxyl groups excluding tert-OH is 6. The molecule has 0 bridgehead atoms. The monoisotopic (exact) mass is 1630 g/mol. The van der Waals surface area contributed by atoms with Crippen molar-refractivity contribution in [3.63, 3.8) is 0 Å². The molecule has 2 rings (SSSR count). The molecule has 2 fully saturated rings. The predicted molar refractivity (Wildman–Crippen MR) is 435 cm³/mol. The van der Waals surface area contributed by atoms with Gasteiger partial charge in [-0.1, -0.05) is 166 Å². The highest BCUT2D eigenvalue weighted by Gasteiger charge is 2.39. The van der Waals surface area contributed by atoms with Crippen molar-refractivity contribution in [2.75, 3.05) is 102 Å². The second-order valence-electron chi connectivity index (χ2n) is 31.3. The van der Waals surface area contributed by atoms with Crippen LogP contribution in [-0.2, 0) is 96.5 Å². The molecule has 0 aromatic carbocycles. The van der Waals surface area contributed by atoms with Gasteiger partial charge in [0, 0.05) is 34.0 Å². The van der Waals surface area contributed by atoms with Crippen molar-refractivity contribution in [3.05, 3.63) is 24.8 Å². The summed E-state index contributed by atoms with van der Waals surface area (Å²) in [5, 5.41) is 56.0. The first-order valence-corrected chi connectivity index (χ1v) is 43.8. The number of hydrogen-bond donors (Lipinski definition) is 6. The molecule has 111 heavy (non-hydrogen) atoms. The average Bonchev–Trinajstić information content (AvgIpc) is 1.21. The zero-order valence-electron chi connectivity index (χ0n) is 71.6. The summed E-state index contributed by atoms with van der Waals surface area (Å²) in [5.41, 5.74) is -2.12. The lowest BCUT2D eigenvalue weighted by molar-refractivity contribution is -0.161. The van der Waals surface area contributed by atoms with E-state index in [1.165, 1.54) is 30.7 Å². The molecular weight excluding hydrogens is 1470 g/mol. The predicted octanol–water partition coefficient (Wildman–Crippen LogP) is 12.9. The van der Waals surface area contributed by atoms with Crippen LogP contribution in [-0.4, -0.2) is 222 Å². The van der Waals surface area contributed by atoms with E-state index in [0.29, 0.717) is 120 Å². The standard InChI is InChI=1S/C23H44O8S.C23H44O7S.C20H36O5.C11H20O2.C7H10O3/c1-6-9-10-17(7-2)13-30-21(27)18(8-3)11-23(4,5)22(28)31-14-20(26)16-32(29)15-19(25)12-24;1-6-9-10-17(7-2)13-29-21(27)18(8-3)11-23(4,5)22(28)30-14-20(26)16-31-15-19(25)12-24;1-6-9-10-15(7-2)12-24-18(21)16(8-3)11-20(4,5)19(22)25-14-17-13-23-17;1-4-7-8-10(5-2)9-13-11(12)6-3;1-5(2)7(8)10-4-6-3-9-6/h17-20,24-26H,6-16H2,1-5H3;17-20,24-26H,6-16H2,1-5H3;15-17H,6-14H2,1-5H3;6,10H,3-5,7-9H2,1-2H3;6H,1,3-4H2,2H3. The van der Waals surface area contributed by atoms with E-state index in [1.807, 2.05) is 34.6 Å². The first-order chi connectivity index (χ1) is 52.4. The Morgan fingerprint density at radius 3 is 1.05 bits per heavy atom. The van der Waals surface area contributed by atoms with Crippen LogP contribution in [0.3, 0.4) is 0 Å². The zero-order chi connectivity index (χ0) is 85.1. The maximum atomic E-state index is 12.6. The Kier molecular flexibility index (Phi) is 65.3. The number of carbonyl (C=O) groups is 8. The number of hydrogen-bond acceptors (Lipinski definition) is 26. The summed E-state index contributed by atoms with van der Waals surface area (Å²) in [4.78, 5) is 96.4. The fourth-order valence-electron chi connectivity index (χ4n) is 10.8. The molecule has 25 nitrogen and oxygen atoms in total. The lowest BCUT2D eigenvalue weighted by Crippen LogP contribution is -2.35. The van der Waals surface area contributed by atoms with Crippen molar-refractivity contribution >= 4 is 70.3 Å². The Balaban J connectivity index is -0.00000138. The first-order valence-electron chi connectivity index (χ1n) is 41.1. The van der Waals surface area contributed by atoms with E-state index < -0.39 is 75.9 Å².